The number of rotatable bonds is 5. The molecule has 0 unspecified atom stereocenters. The second-order valence-corrected chi connectivity index (χ2v) is 7.35. The molecule has 1 fully saturated rings. The summed E-state index contributed by atoms with van der Waals surface area (Å²) in [5.41, 5.74) is 0.953. The van der Waals surface area contributed by atoms with Gasteiger partial charge in [0.25, 0.3) is 0 Å². The lowest BCUT2D eigenvalue weighted by atomic mass is 9.95. The maximum Gasteiger partial charge on any atom is 0.343 e. The number of nitrogens with zero attached hydrogens (tertiary/aromatic N) is 6. The van der Waals surface area contributed by atoms with Crippen molar-refractivity contribution < 1.29 is 0 Å². The number of anilines is 2. The molecule has 0 radical (unpaired) electrons. The Morgan fingerprint density at radius 2 is 1.89 bits per heavy atom. The topological polar surface area (TPSA) is 82.9 Å². The largest absolute Gasteiger partial charge is 0.363 e. The quantitative estimate of drug-likeness (QED) is 0.729. The lowest BCUT2D eigenvalue weighted by molar-refractivity contribution is 0.466. The van der Waals surface area contributed by atoms with Crippen molar-refractivity contribution >= 4 is 11.6 Å². The molecule has 1 saturated heterocycles. The van der Waals surface area contributed by atoms with Crippen molar-refractivity contribution in [3.63, 3.8) is 0 Å². The maximum atomic E-state index is 12.3. The number of benzene rings is 1. The van der Waals surface area contributed by atoms with Crippen LogP contribution in [0.1, 0.15) is 30.1 Å². The molecule has 8 heteroatoms. The van der Waals surface area contributed by atoms with Crippen molar-refractivity contribution in [2.45, 2.75) is 25.3 Å². The third kappa shape index (κ3) is 3.76. The van der Waals surface area contributed by atoms with Gasteiger partial charge in [0.05, 0.1) is 6.54 Å². The number of piperidine rings is 1. The van der Waals surface area contributed by atoms with Gasteiger partial charge in [-0.25, -0.2) is 19.9 Å². The Bertz CT molecular complexity index is 971. The van der Waals surface area contributed by atoms with Crippen LogP contribution in [0.25, 0.3) is 0 Å². The molecule has 4 rings (SSSR count). The molecule has 8 nitrogen and oxygen atoms in total. The van der Waals surface area contributed by atoms with E-state index in [1.54, 1.807) is 10.9 Å². The molecule has 28 heavy (non-hydrogen) atoms. The lowest BCUT2D eigenvalue weighted by Crippen LogP contribution is -2.35. The Morgan fingerprint density at radius 1 is 1.14 bits per heavy atom. The van der Waals surface area contributed by atoms with E-state index in [9.17, 15) is 4.79 Å². The smallest absolute Gasteiger partial charge is 0.343 e. The molecule has 2 aromatic heterocycles. The van der Waals surface area contributed by atoms with E-state index in [-0.39, 0.29) is 11.6 Å². The molecule has 1 aliphatic rings. The van der Waals surface area contributed by atoms with Crippen LogP contribution in [-0.2, 0) is 6.54 Å². The molecule has 3 heterocycles. The van der Waals surface area contributed by atoms with Crippen LogP contribution in [0.5, 0.6) is 0 Å². The summed E-state index contributed by atoms with van der Waals surface area (Å²) in [5.74, 6) is 2.95. The third-order valence-electron chi connectivity index (χ3n) is 5.25. The van der Waals surface area contributed by atoms with Crippen LogP contribution < -0.4 is 15.5 Å². The maximum absolute atomic E-state index is 12.3. The molecule has 1 N–H and O–H groups in total. The fraction of sp³-hybridized carbons (Fsp3) is 0.400. The first-order valence-electron chi connectivity index (χ1n) is 9.55. The van der Waals surface area contributed by atoms with Gasteiger partial charge in [0.2, 0.25) is 0 Å². The molecule has 0 spiro atoms. The van der Waals surface area contributed by atoms with Gasteiger partial charge in [0.1, 0.15) is 23.8 Å². The average Bonchev–Trinajstić information content (AvgIpc) is 3.09. The normalized spacial score (nSPS) is 15.0. The second-order valence-electron chi connectivity index (χ2n) is 7.35. The predicted octanol–water partition coefficient (Wildman–Crippen LogP) is 1.86. The number of aromatic nitrogens is 5. The first-order valence-corrected chi connectivity index (χ1v) is 9.55. The van der Waals surface area contributed by atoms with E-state index in [1.165, 1.54) is 0 Å². The van der Waals surface area contributed by atoms with E-state index in [1.807, 2.05) is 55.4 Å². The van der Waals surface area contributed by atoms with Crippen LogP contribution >= 0.6 is 0 Å². The summed E-state index contributed by atoms with van der Waals surface area (Å²) < 4.78 is 1.77. The SMILES string of the molecule is CN(C)c1cc(N2CCC(c3n[nH]c(=O)n3Cc3ccccc3)CC2)ncn1. The van der Waals surface area contributed by atoms with Gasteiger partial charge in [-0.3, -0.25) is 4.57 Å². The van der Waals surface area contributed by atoms with E-state index < -0.39 is 0 Å². The van der Waals surface area contributed by atoms with Gasteiger partial charge < -0.3 is 9.80 Å². The van der Waals surface area contributed by atoms with Crippen molar-refractivity contribution in [3.8, 4) is 0 Å². The Kier molecular flexibility index (Phi) is 5.10. The summed E-state index contributed by atoms with van der Waals surface area (Å²) in [5, 5.41) is 6.98. The molecule has 146 valence electrons. The van der Waals surface area contributed by atoms with Gasteiger partial charge in [-0.1, -0.05) is 30.3 Å². The van der Waals surface area contributed by atoms with Crippen molar-refractivity contribution in [1.29, 1.82) is 0 Å². The molecule has 1 aromatic carbocycles. The molecule has 0 atom stereocenters. The molecule has 3 aromatic rings. The van der Waals surface area contributed by atoms with Crippen molar-refractivity contribution in [1.82, 2.24) is 24.7 Å². The lowest BCUT2D eigenvalue weighted by Gasteiger charge is -2.32. The fourth-order valence-electron chi connectivity index (χ4n) is 3.68. The highest BCUT2D eigenvalue weighted by atomic mass is 16.1. The van der Waals surface area contributed by atoms with Crippen molar-refractivity contribution in [2.24, 2.45) is 0 Å². The number of nitrogens with one attached hydrogen (secondary N) is 1. The second kappa shape index (κ2) is 7.84. The first-order chi connectivity index (χ1) is 13.6. The third-order valence-corrected chi connectivity index (χ3v) is 5.25. The Hall–Kier alpha value is -3.16. The Balaban J connectivity index is 1.47. The van der Waals surface area contributed by atoms with Crippen LogP contribution in [0.2, 0.25) is 0 Å². The summed E-state index contributed by atoms with van der Waals surface area (Å²) in [7, 11) is 3.95. The van der Waals surface area contributed by atoms with E-state index in [0.29, 0.717) is 6.54 Å². The monoisotopic (exact) mass is 379 g/mol. The summed E-state index contributed by atoms with van der Waals surface area (Å²) >= 11 is 0. The van der Waals surface area contributed by atoms with Gasteiger partial charge >= 0.3 is 5.69 Å². The minimum absolute atomic E-state index is 0.146. The number of aromatic amines is 1. The van der Waals surface area contributed by atoms with E-state index >= 15 is 0 Å². The Morgan fingerprint density at radius 3 is 2.61 bits per heavy atom. The van der Waals surface area contributed by atoms with Crippen LogP contribution in [0.15, 0.2) is 47.5 Å². The minimum atomic E-state index is -0.146. The van der Waals surface area contributed by atoms with Crippen molar-refractivity contribution in [2.75, 3.05) is 37.0 Å². The molecular weight excluding hydrogens is 354 g/mol. The van der Waals surface area contributed by atoms with Crippen LogP contribution in [0.4, 0.5) is 11.6 Å². The van der Waals surface area contributed by atoms with E-state index in [2.05, 4.69) is 25.1 Å². The van der Waals surface area contributed by atoms with E-state index in [0.717, 1.165) is 49.0 Å². The minimum Gasteiger partial charge on any atom is -0.363 e. The summed E-state index contributed by atoms with van der Waals surface area (Å²) in [4.78, 5) is 25.3. The van der Waals surface area contributed by atoms with Gasteiger partial charge in [0, 0.05) is 39.2 Å². The van der Waals surface area contributed by atoms with Gasteiger partial charge in [-0.2, -0.15) is 5.10 Å². The van der Waals surface area contributed by atoms with Crippen molar-refractivity contribution in [3.05, 3.63) is 64.6 Å². The summed E-state index contributed by atoms with van der Waals surface area (Å²) in [6.45, 7) is 2.30. The molecular formula is C20H25N7O. The zero-order valence-corrected chi connectivity index (χ0v) is 16.2. The average molecular weight is 379 g/mol. The van der Waals surface area contributed by atoms with Crippen LogP contribution in [0.3, 0.4) is 0 Å². The first kappa shape index (κ1) is 18.2. The van der Waals surface area contributed by atoms with Crippen LogP contribution in [0, 0.1) is 0 Å². The number of H-pyrrole nitrogens is 1. The highest BCUT2D eigenvalue weighted by Crippen LogP contribution is 2.29. The predicted molar refractivity (Wildman–Crippen MR) is 109 cm³/mol. The molecule has 0 amide bonds. The summed E-state index contributed by atoms with van der Waals surface area (Å²) in [6.07, 6.45) is 3.47. The number of hydrogen-bond acceptors (Lipinski definition) is 6. The zero-order valence-electron chi connectivity index (χ0n) is 16.2. The molecule has 0 saturated carbocycles. The van der Waals surface area contributed by atoms with Crippen LogP contribution in [-0.4, -0.2) is 51.9 Å². The fourth-order valence-corrected chi connectivity index (χ4v) is 3.68. The highest BCUT2D eigenvalue weighted by Gasteiger charge is 2.26. The highest BCUT2D eigenvalue weighted by molar-refractivity contribution is 5.49. The van der Waals surface area contributed by atoms with Gasteiger partial charge in [0.15, 0.2) is 0 Å². The van der Waals surface area contributed by atoms with E-state index in [4.69, 9.17) is 0 Å². The standard InChI is InChI=1S/C20H25N7O/c1-25(2)17-12-18(22-14-21-17)26-10-8-16(9-11-26)19-23-24-20(28)27(19)13-15-6-4-3-5-7-15/h3-7,12,14,16H,8-11,13H2,1-2H3,(H,24,28). The summed E-state index contributed by atoms with van der Waals surface area (Å²) in [6, 6.07) is 12.0. The zero-order chi connectivity index (χ0) is 19.5. The Labute approximate surface area is 163 Å². The van der Waals surface area contributed by atoms with Gasteiger partial charge in [-0.15, -0.1) is 0 Å². The molecule has 1 aliphatic heterocycles. The number of hydrogen-bond donors (Lipinski definition) is 1. The van der Waals surface area contributed by atoms with Gasteiger partial charge in [-0.05, 0) is 18.4 Å². The molecule has 0 bridgehead atoms. The molecule has 0 aliphatic carbocycles.